The van der Waals surface area contributed by atoms with E-state index in [1.165, 1.54) is 11.9 Å². The Kier molecular flexibility index (Phi) is 5.81. The van der Waals surface area contributed by atoms with Gasteiger partial charge in [-0.05, 0) is 27.8 Å². The SMILES string of the molecule is CC(C)NC(C)(CN(C)CC(F)F)C(N)=O. The molecule has 96 valence electrons. The highest BCUT2D eigenvalue weighted by Gasteiger charge is 2.33. The molecule has 0 aliphatic rings. The lowest BCUT2D eigenvalue weighted by molar-refractivity contribution is -0.125. The summed E-state index contributed by atoms with van der Waals surface area (Å²) in [6, 6.07) is 0.0532. The predicted molar refractivity (Wildman–Crippen MR) is 59.4 cm³/mol. The summed E-state index contributed by atoms with van der Waals surface area (Å²) in [4.78, 5) is 12.7. The number of carbonyl (C=O) groups is 1. The van der Waals surface area contributed by atoms with E-state index in [2.05, 4.69) is 5.32 Å². The fraction of sp³-hybridized carbons (Fsp3) is 0.900. The van der Waals surface area contributed by atoms with Crippen molar-refractivity contribution < 1.29 is 13.6 Å². The summed E-state index contributed by atoms with van der Waals surface area (Å²) in [5, 5.41) is 3.00. The van der Waals surface area contributed by atoms with Crippen molar-refractivity contribution in [1.82, 2.24) is 10.2 Å². The number of rotatable bonds is 7. The van der Waals surface area contributed by atoms with Crippen molar-refractivity contribution in [2.45, 2.75) is 38.8 Å². The van der Waals surface area contributed by atoms with Crippen molar-refractivity contribution >= 4 is 5.91 Å². The molecule has 0 radical (unpaired) electrons. The summed E-state index contributed by atoms with van der Waals surface area (Å²) in [6.07, 6.45) is -2.42. The molecule has 0 aliphatic heterocycles. The van der Waals surface area contributed by atoms with E-state index in [9.17, 15) is 13.6 Å². The van der Waals surface area contributed by atoms with Crippen LogP contribution in [0, 0.1) is 0 Å². The lowest BCUT2D eigenvalue weighted by Gasteiger charge is -2.33. The summed E-state index contributed by atoms with van der Waals surface area (Å²) >= 11 is 0. The summed E-state index contributed by atoms with van der Waals surface area (Å²) in [5.41, 5.74) is 4.29. The van der Waals surface area contributed by atoms with Gasteiger partial charge >= 0.3 is 0 Å². The minimum atomic E-state index is -2.42. The molecule has 0 rings (SSSR count). The average Bonchev–Trinajstić information content (AvgIpc) is 1.98. The maximum atomic E-state index is 12.1. The number of alkyl halides is 2. The number of nitrogens with two attached hydrogens (primary N) is 1. The molecule has 0 heterocycles. The monoisotopic (exact) mass is 237 g/mol. The number of hydrogen-bond donors (Lipinski definition) is 2. The minimum absolute atomic E-state index is 0.0532. The highest BCUT2D eigenvalue weighted by Crippen LogP contribution is 2.08. The van der Waals surface area contributed by atoms with Crippen LogP contribution < -0.4 is 11.1 Å². The zero-order chi connectivity index (χ0) is 12.9. The number of nitrogens with one attached hydrogen (secondary N) is 1. The second-order valence-electron chi connectivity index (χ2n) is 4.58. The Bertz CT molecular complexity index is 236. The van der Waals surface area contributed by atoms with Gasteiger partial charge in [-0.2, -0.15) is 0 Å². The summed E-state index contributed by atoms with van der Waals surface area (Å²) in [6.45, 7) is 5.15. The van der Waals surface area contributed by atoms with Gasteiger partial charge in [0.05, 0.1) is 6.54 Å². The second-order valence-corrected chi connectivity index (χ2v) is 4.58. The maximum absolute atomic E-state index is 12.1. The molecule has 0 saturated carbocycles. The average molecular weight is 237 g/mol. The third kappa shape index (κ3) is 5.37. The van der Waals surface area contributed by atoms with Gasteiger partial charge in [-0.3, -0.25) is 9.69 Å². The van der Waals surface area contributed by atoms with Crippen LogP contribution in [0.4, 0.5) is 8.78 Å². The normalized spacial score (nSPS) is 15.8. The van der Waals surface area contributed by atoms with E-state index >= 15 is 0 Å². The van der Waals surface area contributed by atoms with Crippen LogP contribution in [-0.2, 0) is 4.79 Å². The van der Waals surface area contributed by atoms with Gasteiger partial charge in [0.25, 0.3) is 6.43 Å². The molecule has 1 amide bonds. The van der Waals surface area contributed by atoms with Crippen molar-refractivity contribution in [2.75, 3.05) is 20.1 Å². The summed E-state index contributed by atoms with van der Waals surface area (Å²) < 4.78 is 24.3. The van der Waals surface area contributed by atoms with Gasteiger partial charge in [0.1, 0.15) is 5.54 Å². The molecule has 3 N–H and O–H groups in total. The molecule has 0 aromatic heterocycles. The van der Waals surface area contributed by atoms with Crippen LogP contribution in [0.15, 0.2) is 0 Å². The van der Waals surface area contributed by atoms with E-state index in [0.717, 1.165) is 0 Å². The Balaban J connectivity index is 4.49. The Morgan fingerprint density at radius 3 is 2.31 bits per heavy atom. The van der Waals surface area contributed by atoms with Crippen LogP contribution in [-0.4, -0.2) is 49.0 Å². The smallest absolute Gasteiger partial charge is 0.251 e. The molecule has 0 bridgehead atoms. The molecule has 0 aromatic carbocycles. The van der Waals surface area contributed by atoms with E-state index in [4.69, 9.17) is 5.73 Å². The molecule has 0 spiro atoms. The first-order valence-corrected chi connectivity index (χ1v) is 5.21. The van der Waals surface area contributed by atoms with Gasteiger partial charge in [0.2, 0.25) is 5.91 Å². The lowest BCUT2D eigenvalue weighted by atomic mass is 9.99. The van der Waals surface area contributed by atoms with Gasteiger partial charge in [-0.15, -0.1) is 0 Å². The molecular formula is C10H21F2N3O. The Morgan fingerprint density at radius 1 is 1.50 bits per heavy atom. The zero-order valence-electron chi connectivity index (χ0n) is 10.3. The highest BCUT2D eigenvalue weighted by atomic mass is 19.3. The minimum Gasteiger partial charge on any atom is -0.368 e. The van der Waals surface area contributed by atoms with Crippen LogP contribution in [0.5, 0.6) is 0 Å². The topological polar surface area (TPSA) is 58.4 Å². The number of likely N-dealkylation sites (N-methyl/N-ethyl adjacent to an activating group) is 1. The molecule has 4 nitrogen and oxygen atoms in total. The van der Waals surface area contributed by atoms with Crippen LogP contribution in [0.2, 0.25) is 0 Å². The molecule has 0 saturated heterocycles. The van der Waals surface area contributed by atoms with Gasteiger partial charge in [-0.25, -0.2) is 8.78 Å². The molecule has 0 aromatic rings. The summed E-state index contributed by atoms with van der Waals surface area (Å²) in [7, 11) is 1.54. The number of nitrogens with zero attached hydrogens (tertiary/aromatic N) is 1. The Labute approximate surface area is 95.2 Å². The first kappa shape index (κ1) is 15.2. The van der Waals surface area contributed by atoms with Crippen molar-refractivity contribution in [3.05, 3.63) is 0 Å². The van der Waals surface area contributed by atoms with E-state index in [1.807, 2.05) is 13.8 Å². The molecule has 6 heteroatoms. The van der Waals surface area contributed by atoms with Gasteiger partial charge in [-0.1, -0.05) is 0 Å². The standard InChI is InChI=1S/C10H21F2N3O/c1-7(2)14-10(3,9(13)16)6-15(4)5-8(11)12/h7-8,14H,5-6H2,1-4H3,(H2,13,16). The third-order valence-electron chi connectivity index (χ3n) is 2.19. The number of carbonyl (C=O) groups excluding carboxylic acids is 1. The number of hydrogen-bond acceptors (Lipinski definition) is 3. The fourth-order valence-electron chi connectivity index (χ4n) is 1.67. The predicted octanol–water partition coefficient (Wildman–Crippen LogP) is 0.425. The number of amides is 1. The van der Waals surface area contributed by atoms with E-state index in [-0.39, 0.29) is 19.1 Å². The maximum Gasteiger partial charge on any atom is 0.251 e. The quantitative estimate of drug-likeness (QED) is 0.675. The summed E-state index contributed by atoms with van der Waals surface area (Å²) in [5.74, 6) is -0.540. The van der Waals surface area contributed by atoms with E-state index < -0.39 is 17.9 Å². The molecule has 1 atom stereocenters. The van der Waals surface area contributed by atoms with Crippen LogP contribution in [0.25, 0.3) is 0 Å². The third-order valence-corrected chi connectivity index (χ3v) is 2.19. The fourth-order valence-corrected chi connectivity index (χ4v) is 1.67. The van der Waals surface area contributed by atoms with Crippen LogP contribution >= 0.6 is 0 Å². The molecular weight excluding hydrogens is 216 g/mol. The largest absolute Gasteiger partial charge is 0.368 e. The number of halogens is 2. The molecule has 0 fully saturated rings. The van der Waals surface area contributed by atoms with Crippen LogP contribution in [0.1, 0.15) is 20.8 Å². The Hall–Kier alpha value is -0.750. The van der Waals surface area contributed by atoms with Gasteiger partial charge < -0.3 is 11.1 Å². The first-order valence-electron chi connectivity index (χ1n) is 5.21. The second kappa shape index (κ2) is 6.10. The van der Waals surface area contributed by atoms with Crippen LogP contribution in [0.3, 0.4) is 0 Å². The number of primary amides is 1. The highest BCUT2D eigenvalue weighted by molar-refractivity contribution is 5.84. The van der Waals surface area contributed by atoms with Crippen molar-refractivity contribution in [3.8, 4) is 0 Å². The Morgan fingerprint density at radius 2 is 2.00 bits per heavy atom. The van der Waals surface area contributed by atoms with Crippen molar-refractivity contribution in [3.63, 3.8) is 0 Å². The van der Waals surface area contributed by atoms with Crippen molar-refractivity contribution in [2.24, 2.45) is 5.73 Å². The van der Waals surface area contributed by atoms with E-state index in [1.54, 1.807) is 6.92 Å². The molecule has 1 unspecified atom stereocenters. The van der Waals surface area contributed by atoms with Gasteiger partial charge in [0.15, 0.2) is 0 Å². The van der Waals surface area contributed by atoms with Crippen molar-refractivity contribution in [1.29, 1.82) is 0 Å². The molecule has 0 aliphatic carbocycles. The lowest BCUT2D eigenvalue weighted by Crippen LogP contribution is -2.61. The van der Waals surface area contributed by atoms with E-state index in [0.29, 0.717) is 0 Å². The zero-order valence-corrected chi connectivity index (χ0v) is 10.3. The molecule has 16 heavy (non-hydrogen) atoms. The first-order chi connectivity index (χ1) is 7.17. The van der Waals surface area contributed by atoms with Gasteiger partial charge in [0, 0.05) is 12.6 Å².